The second kappa shape index (κ2) is 16.1. The molecule has 0 saturated heterocycles. The third kappa shape index (κ3) is 7.25. The molecule has 0 bridgehead atoms. The molecule has 6 aromatic carbocycles. The van der Waals surface area contributed by atoms with E-state index >= 15 is 0 Å². The Morgan fingerprint density at radius 2 is 1.42 bits per heavy atom. The summed E-state index contributed by atoms with van der Waals surface area (Å²) in [7, 11) is 0. The fourth-order valence-corrected chi connectivity index (χ4v) is 7.05. The van der Waals surface area contributed by atoms with Gasteiger partial charge in [0.1, 0.15) is 17.1 Å². The van der Waals surface area contributed by atoms with Crippen LogP contribution in [0.4, 0.5) is 0 Å². The number of aromatic nitrogens is 2. The summed E-state index contributed by atoms with van der Waals surface area (Å²) in [5.41, 5.74) is 13.1. The second-order valence-electron chi connectivity index (χ2n) is 13.9. The van der Waals surface area contributed by atoms with E-state index in [1.165, 1.54) is 27.8 Å². The number of nitrogens with zero attached hydrogens (tertiary/aromatic N) is 3. The molecule has 0 spiro atoms. The van der Waals surface area contributed by atoms with Gasteiger partial charge in [0.15, 0.2) is 0 Å². The molecule has 3 aromatic heterocycles. The van der Waals surface area contributed by atoms with Crippen LogP contribution in [0, 0.1) is 23.5 Å². The molecule has 0 aliphatic carbocycles. The van der Waals surface area contributed by atoms with Gasteiger partial charge in [-0.15, -0.1) is 48.0 Å². The first-order valence-corrected chi connectivity index (χ1v) is 18.2. The van der Waals surface area contributed by atoms with Crippen LogP contribution in [0.1, 0.15) is 56.2 Å². The van der Waals surface area contributed by atoms with Crippen molar-refractivity contribution in [3.8, 4) is 51.0 Å². The Morgan fingerprint density at radius 3 is 2.11 bits per heavy atom. The van der Waals surface area contributed by atoms with E-state index in [2.05, 4.69) is 99.4 Å². The summed E-state index contributed by atoms with van der Waals surface area (Å²) in [6, 6.07) is 53.2. The van der Waals surface area contributed by atoms with Gasteiger partial charge in [0.2, 0.25) is 0 Å². The van der Waals surface area contributed by atoms with E-state index < -0.39 is 0 Å². The van der Waals surface area contributed by atoms with E-state index in [4.69, 9.17) is 13.8 Å². The summed E-state index contributed by atoms with van der Waals surface area (Å²) >= 11 is 0. The summed E-state index contributed by atoms with van der Waals surface area (Å²) in [5, 5.41) is 11.5. The van der Waals surface area contributed by atoms with Crippen molar-refractivity contribution < 1.29 is 28.9 Å². The smallest absolute Gasteiger partial charge is 0.149 e. The van der Waals surface area contributed by atoms with Gasteiger partial charge in [0.05, 0.1) is 11.1 Å². The molecule has 0 atom stereocenters. The van der Waals surface area contributed by atoms with E-state index in [0.717, 1.165) is 38.7 Å². The monoisotopic (exact) mass is 892 g/mol. The molecule has 6 heteroatoms. The van der Waals surface area contributed by atoms with Crippen molar-refractivity contribution in [2.24, 2.45) is 0 Å². The maximum atomic E-state index is 9.83. The quantitative estimate of drug-likeness (QED) is 0.155. The van der Waals surface area contributed by atoms with E-state index in [-0.39, 0.29) is 20.1 Å². The van der Waals surface area contributed by atoms with E-state index in [0.29, 0.717) is 40.0 Å². The molecule has 0 aliphatic rings. The molecular weight excluding hydrogens is 855 g/mol. The van der Waals surface area contributed by atoms with Gasteiger partial charge in [-0.05, 0) is 80.1 Å². The Labute approximate surface area is 334 Å². The summed E-state index contributed by atoms with van der Waals surface area (Å²) in [6.45, 7) is 8.97. The number of furan rings is 1. The fourth-order valence-electron chi connectivity index (χ4n) is 7.05. The predicted molar refractivity (Wildman–Crippen MR) is 218 cm³/mol. The molecule has 271 valence electrons. The van der Waals surface area contributed by atoms with Gasteiger partial charge in [-0.3, -0.25) is 4.98 Å². The van der Waals surface area contributed by atoms with Gasteiger partial charge < -0.3 is 13.8 Å². The van der Waals surface area contributed by atoms with Crippen molar-refractivity contribution in [3.05, 3.63) is 168 Å². The van der Waals surface area contributed by atoms with Crippen molar-refractivity contribution in [1.82, 2.24) is 9.97 Å². The third-order valence-electron chi connectivity index (χ3n) is 9.67. The third-order valence-corrected chi connectivity index (χ3v) is 9.67. The van der Waals surface area contributed by atoms with Crippen molar-refractivity contribution >= 4 is 33.0 Å². The number of para-hydroxylation sites is 2. The average Bonchev–Trinajstić information content (AvgIpc) is 3.84. The average molecular weight is 892 g/mol. The fraction of sp³-hybridized carbons (Fsp3) is 0.122. The predicted octanol–water partition coefficient (Wildman–Crippen LogP) is 13.2. The maximum Gasteiger partial charge on any atom is 0.149 e. The molecule has 9 rings (SSSR count). The SMILES string of the molecule is CC(C)c1cc(-c2ccccc2)cc(C(C)C)c1-c1cccc2nc(-c3[c-]cc(C#N)c4c3oc3ccccc34)oc12.[Ir].[c-]1ccccc1-c1ccccn1. The number of fused-ring (bicyclic) bond motifs is 4. The molecular formula is C49H37IrN3O2-2. The van der Waals surface area contributed by atoms with Crippen LogP contribution in [0.15, 0.2) is 148 Å². The van der Waals surface area contributed by atoms with Gasteiger partial charge in [-0.2, -0.15) is 0 Å². The zero-order chi connectivity index (χ0) is 37.2. The minimum atomic E-state index is 0. The van der Waals surface area contributed by atoms with Gasteiger partial charge in [-0.25, -0.2) is 5.26 Å². The zero-order valence-corrected chi connectivity index (χ0v) is 33.3. The standard InChI is InChI=1S/C38H29N2O2.C11H8N.Ir/c1-22(2)30-19-26(24-11-6-5-7-12-24)20-31(23(3)4)35(30)28-14-10-15-32-36(28)42-38(40-32)29-18-17-25(21-39)34-27-13-8-9-16-33(27)41-37(29)34;1-2-6-10(7-3-1)11-8-4-5-9-12-11;/h5-17,19-20,22-23H,1-4H3;1-6,8-9H;/q2*-1;. The van der Waals surface area contributed by atoms with Crippen molar-refractivity contribution in [1.29, 1.82) is 5.26 Å². The molecule has 0 amide bonds. The Bertz CT molecular complexity index is 2710. The first kappa shape index (κ1) is 37.2. The van der Waals surface area contributed by atoms with Gasteiger partial charge in [-0.1, -0.05) is 113 Å². The summed E-state index contributed by atoms with van der Waals surface area (Å²) in [4.78, 5) is 9.14. The van der Waals surface area contributed by atoms with Crippen molar-refractivity contribution in [3.63, 3.8) is 0 Å². The van der Waals surface area contributed by atoms with E-state index in [1.54, 1.807) is 12.3 Å². The topological polar surface area (TPSA) is 75.8 Å². The maximum absolute atomic E-state index is 9.83. The number of benzene rings is 6. The minimum absolute atomic E-state index is 0. The van der Waals surface area contributed by atoms with Crippen LogP contribution >= 0.6 is 0 Å². The van der Waals surface area contributed by atoms with Crippen LogP contribution < -0.4 is 0 Å². The zero-order valence-electron chi connectivity index (χ0n) is 30.9. The number of hydrogen-bond acceptors (Lipinski definition) is 5. The molecule has 0 N–H and O–H groups in total. The Kier molecular flexibility index (Phi) is 10.9. The molecule has 0 unspecified atom stereocenters. The number of rotatable bonds is 6. The van der Waals surface area contributed by atoms with Crippen LogP contribution in [0.2, 0.25) is 0 Å². The summed E-state index contributed by atoms with van der Waals surface area (Å²) in [6.07, 6.45) is 1.79. The van der Waals surface area contributed by atoms with Crippen molar-refractivity contribution in [2.45, 2.75) is 39.5 Å². The molecule has 0 saturated carbocycles. The molecule has 9 aromatic rings. The molecule has 55 heavy (non-hydrogen) atoms. The van der Waals surface area contributed by atoms with Crippen LogP contribution in [-0.2, 0) is 20.1 Å². The minimum Gasteiger partial charge on any atom is -0.500 e. The largest absolute Gasteiger partial charge is 0.500 e. The Balaban J connectivity index is 0.000000305. The first-order chi connectivity index (χ1) is 26.4. The Hall–Kier alpha value is -6.12. The van der Waals surface area contributed by atoms with Crippen LogP contribution in [0.25, 0.3) is 78.0 Å². The second-order valence-corrected chi connectivity index (χ2v) is 13.9. The van der Waals surface area contributed by atoms with E-state index in [1.807, 2.05) is 78.9 Å². The van der Waals surface area contributed by atoms with Crippen LogP contribution in [0.5, 0.6) is 0 Å². The first-order valence-electron chi connectivity index (χ1n) is 18.2. The van der Waals surface area contributed by atoms with Crippen molar-refractivity contribution in [2.75, 3.05) is 0 Å². The van der Waals surface area contributed by atoms with Crippen LogP contribution in [-0.4, -0.2) is 9.97 Å². The van der Waals surface area contributed by atoms with E-state index in [9.17, 15) is 5.26 Å². The normalized spacial score (nSPS) is 11.1. The van der Waals surface area contributed by atoms with Gasteiger partial charge in [0.25, 0.3) is 0 Å². The summed E-state index contributed by atoms with van der Waals surface area (Å²) < 4.78 is 12.9. The molecule has 1 radical (unpaired) electrons. The van der Waals surface area contributed by atoms with Gasteiger partial charge in [0, 0.05) is 43.3 Å². The molecule has 5 nitrogen and oxygen atoms in total. The Morgan fingerprint density at radius 1 is 0.691 bits per heavy atom. The summed E-state index contributed by atoms with van der Waals surface area (Å²) in [5.74, 6) is 1.01. The molecule has 3 heterocycles. The van der Waals surface area contributed by atoms with Gasteiger partial charge >= 0.3 is 0 Å². The molecule has 0 aliphatic heterocycles. The number of pyridine rings is 1. The number of nitriles is 1. The number of oxazole rings is 1. The van der Waals surface area contributed by atoms with Crippen LogP contribution in [0.3, 0.4) is 0 Å². The number of hydrogen-bond donors (Lipinski definition) is 0. The molecule has 0 fully saturated rings.